The summed E-state index contributed by atoms with van der Waals surface area (Å²) in [4.78, 5) is 4.15. The minimum atomic E-state index is -0.154. The number of ether oxygens (including phenoxy) is 1. The van der Waals surface area contributed by atoms with Gasteiger partial charge in [-0.05, 0) is 11.6 Å². The highest BCUT2D eigenvalue weighted by atomic mass is 16.5. The van der Waals surface area contributed by atoms with Crippen LogP contribution in [0.3, 0.4) is 0 Å². The molecule has 102 valence electrons. The van der Waals surface area contributed by atoms with Gasteiger partial charge in [0.25, 0.3) is 0 Å². The highest BCUT2D eigenvalue weighted by Crippen LogP contribution is 2.15. The van der Waals surface area contributed by atoms with Gasteiger partial charge in [0.15, 0.2) is 0 Å². The number of aromatic nitrogens is 1. The molecular weight excluding hydrogens is 250 g/mol. The van der Waals surface area contributed by atoms with E-state index in [9.17, 15) is 5.26 Å². The first kappa shape index (κ1) is 14.0. The van der Waals surface area contributed by atoms with Crippen molar-refractivity contribution in [3.8, 4) is 11.9 Å². The smallest absolute Gasteiger partial charge is 0.217 e. The highest BCUT2D eigenvalue weighted by molar-refractivity contribution is 5.27. The maximum atomic E-state index is 9.25. The highest BCUT2D eigenvalue weighted by Gasteiger charge is 2.10. The molecule has 1 atom stereocenters. The Morgan fingerprint density at radius 1 is 1.25 bits per heavy atom. The lowest BCUT2D eigenvalue weighted by atomic mass is 10.0. The Balaban J connectivity index is 1.93. The van der Waals surface area contributed by atoms with Crippen LogP contribution in [0.2, 0.25) is 0 Å². The van der Waals surface area contributed by atoms with Crippen LogP contribution in [0, 0.1) is 11.3 Å². The average Bonchev–Trinajstić information content (AvgIpc) is 2.53. The van der Waals surface area contributed by atoms with E-state index in [0.717, 1.165) is 11.1 Å². The molecule has 0 bridgehead atoms. The van der Waals surface area contributed by atoms with Crippen LogP contribution in [0.5, 0.6) is 5.88 Å². The Morgan fingerprint density at radius 2 is 2.05 bits per heavy atom. The first-order chi connectivity index (χ1) is 9.85. The zero-order chi connectivity index (χ0) is 14.2. The number of pyridine rings is 1. The summed E-state index contributed by atoms with van der Waals surface area (Å²) in [6.07, 6.45) is 1.70. The predicted octanol–water partition coefficient (Wildman–Crippen LogP) is 2.49. The van der Waals surface area contributed by atoms with Gasteiger partial charge in [0.2, 0.25) is 5.88 Å². The lowest BCUT2D eigenvalue weighted by Crippen LogP contribution is -2.20. The largest absolute Gasteiger partial charge is 0.481 e. The molecule has 0 aliphatic carbocycles. The van der Waals surface area contributed by atoms with Crippen molar-refractivity contribution in [2.45, 2.75) is 12.5 Å². The normalized spacial score (nSPS) is 11.6. The second kappa shape index (κ2) is 7.27. The predicted molar refractivity (Wildman–Crippen MR) is 77.3 cm³/mol. The monoisotopic (exact) mass is 267 g/mol. The third-order valence-electron chi connectivity index (χ3n) is 3.07. The molecule has 20 heavy (non-hydrogen) atoms. The van der Waals surface area contributed by atoms with Crippen molar-refractivity contribution in [3.63, 3.8) is 0 Å². The van der Waals surface area contributed by atoms with E-state index in [-0.39, 0.29) is 5.92 Å². The van der Waals surface area contributed by atoms with Crippen LogP contribution in [-0.2, 0) is 6.54 Å². The molecule has 1 aromatic heterocycles. The molecule has 1 heterocycles. The van der Waals surface area contributed by atoms with Crippen LogP contribution in [0.4, 0.5) is 0 Å². The molecule has 0 saturated carbocycles. The topological polar surface area (TPSA) is 57.9 Å². The van der Waals surface area contributed by atoms with Gasteiger partial charge in [0, 0.05) is 24.8 Å². The molecule has 1 unspecified atom stereocenters. The van der Waals surface area contributed by atoms with Gasteiger partial charge < -0.3 is 10.1 Å². The average molecular weight is 267 g/mol. The summed E-state index contributed by atoms with van der Waals surface area (Å²) in [5, 5.41) is 12.5. The number of hydrogen-bond acceptors (Lipinski definition) is 4. The van der Waals surface area contributed by atoms with E-state index in [0.29, 0.717) is 19.0 Å². The van der Waals surface area contributed by atoms with Gasteiger partial charge in [-0.2, -0.15) is 5.26 Å². The fourth-order valence-electron chi connectivity index (χ4n) is 2.02. The van der Waals surface area contributed by atoms with Crippen molar-refractivity contribution in [2.75, 3.05) is 13.7 Å². The third kappa shape index (κ3) is 3.56. The molecule has 0 aliphatic heterocycles. The van der Waals surface area contributed by atoms with Crippen LogP contribution in [0.1, 0.15) is 17.0 Å². The number of methoxy groups -OCH3 is 1. The van der Waals surface area contributed by atoms with Crippen molar-refractivity contribution >= 4 is 0 Å². The fraction of sp³-hybridized carbons (Fsp3) is 0.250. The summed E-state index contributed by atoms with van der Waals surface area (Å²) in [5.74, 6) is 0.465. The summed E-state index contributed by atoms with van der Waals surface area (Å²) < 4.78 is 5.20. The zero-order valence-electron chi connectivity index (χ0n) is 11.4. The van der Waals surface area contributed by atoms with Crippen LogP contribution in [0.15, 0.2) is 48.7 Å². The summed E-state index contributed by atoms with van der Waals surface area (Å²) >= 11 is 0. The maximum absolute atomic E-state index is 9.25. The third-order valence-corrected chi connectivity index (χ3v) is 3.07. The minimum Gasteiger partial charge on any atom is -0.481 e. The van der Waals surface area contributed by atoms with Gasteiger partial charge in [-0.3, -0.25) is 0 Å². The minimum absolute atomic E-state index is 0.154. The van der Waals surface area contributed by atoms with Crippen molar-refractivity contribution in [2.24, 2.45) is 0 Å². The van der Waals surface area contributed by atoms with Gasteiger partial charge in [0.1, 0.15) is 0 Å². The Morgan fingerprint density at radius 3 is 2.75 bits per heavy atom. The molecule has 1 N–H and O–H groups in total. The quantitative estimate of drug-likeness (QED) is 0.873. The Kier molecular flexibility index (Phi) is 5.10. The van der Waals surface area contributed by atoms with Gasteiger partial charge in [-0.15, -0.1) is 0 Å². The summed E-state index contributed by atoms with van der Waals surface area (Å²) in [7, 11) is 1.61. The fourth-order valence-corrected chi connectivity index (χ4v) is 2.02. The second-order valence-electron chi connectivity index (χ2n) is 4.40. The maximum Gasteiger partial charge on any atom is 0.217 e. The van der Waals surface area contributed by atoms with Crippen molar-refractivity contribution < 1.29 is 4.74 Å². The lowest BCUT2D eigenvalue weighted by molar-refractivity contribution is 0.390. The van der Waals surface area contributed by atoms with Gasteiger partial charge in [0.05, 0.1) is 19.1 Å². The Labute approximate surface area is 119 Å². The zero-order valence-corrected chi connectivity index (χ0v) is 11.4. The van der Waals surface area contributed by atoms with E-state index in [1.54, 1.807) is 13.3 Å². The van der Waals surface area contributed by atoms with Crippen LogP contribution in [0.25, 0.3) is 0 Å². The molecule has 0 radical (unpaired) electrons. The van der Waals surface area contributed by atoms with E-state index in [1.807, 2.05) is 42.5 Å². The van der Waals surface area contributed by atoms with Crippen molar-refractivity contribution in [1.29, 1.82) is 5.26 Å². The van der Waals surface area contributed by atoms with Crippen LogP contribution >= 0.6 is 0 Å². The van der Waals surface area contributed by atoms with Crippen molar-refractivity contribution in [3.05, 3.63) is 59.8 Å². The molecule has 1 aromatic carbocycles. The van der Waals surface area contributed by atoms with E-state index in [1.165, 1.54) is 0 Å². The first-order valence-electron chi connectivity index (χ1n) is 6.48. The van der Waals surface area contributed by atoms with Gasteiger partial charge in [-0.25, -0.2) is 4.98 Å². The van der Waals surface area contributed by atoms with E-state index >= 15 is 0 Å². The number of hydrogen-bond donors (Lipinski definition) is 1. The van der Waals surface area contributed by atoms with Gasteiger partial charge >= 0.3 is 0 Å². The molecule has 4 heteroatoms. The standard InChI is InChI=1S/C16H17N3O/c1-20-16-14(8-5-9-19-16)11-18-12-15(10-17)13-6-3-2-4-7-13/h2-9,15,18H,11-12H2,1H3. The number of rotatable bonds is 6. The second-order valence-corrected chi connectivity index (χ2v) is 4.40. The Bertz CT molecular complexity index is 578. The molecule has 0 fully saturated rings. The first-order valence-corrected chi connectivity index (χ1v) is 6.48. The summed E-state index contributed by atoms with van der Waals surface area (Å²) in [6.45, 7) is 1.22. The number of benzene rings is 1. The summed E-state index contributed by atoms with van der Waals surface area (Å²) in [5.41, 5.74) is 2.01. The molecule has 4 nitrogen and oxygen atoms in total. The van der Waals surface area contributed by atoms with Crippen molar-refractivity contribution in [1.82, 2.24) is 10.3 Å². The molecular formula is C16H17N3O. The van der Waals surface area contributed by atoms with Gasteiger partial charge in [-0.1, -0.05) is 36.4 Å². The number of nitrogens with one attached hydrogen (secondary N) is 1. The molecule has 0 spiro atoms. The van der Waals surface area contributed by atoms with E-state index < -0.39 is 0 Å². The van der Waals surface area contributed by atoms with Crippen LogP contribution < -0.4 is 10.1 Å². The SMILES string of the molecule is COc1ncccc1CNCC(C#N)c1ccccc1. The Hall–Kier alpha value is -2.38. The summed E-state index contributed by atoms with van der Waals surface area (Å²) in [6, 6.07) is 16.0. The van der Waals surface area contributed by atoms with E-state index in [2.05, 4.69) is 16.4 Å². The molecule has 2 aromatic rings. The molecule has 2 rings (SSSR count). The molecule has 0 aliphatic rings. The lowest BCUT2D eigenvalue weighted by Gasteiger charge is -2.12. The molecule has 0 saturated heterocycles. The molecule has 0 amide bonds. The van der Waals surface area contributed by atoms with Crippen LogP contribution in [-0.4, -0.2) is 18.6 Å². The van der Waals surface area contributed by atoms with E-state index in [4.69, 9.17) is 4.74 Å². The number of nitrogens with zero attached hydrogens (tertiary/aromatic N) is 2. The number of nitriles is 1.